The molecule has 4 N–H and O–H groups in total. The van der Waals surface area contributed by atoms with Gasteiger partial charge in [0.25, 0.3) is 0 Å². The van der Waals surface area contributed by atoms with Gasteiger partial charge in [-0.3, -0.25) is 0 Å². The molecule has 2 rings (SSSR count). The van der Waals surface area contributed by atoms with Gasteiger partial charge in [0.2, 0.25) is 0 Å². The third kappa shape index (κ3) is 4.66. The highest BCUT2D eigenvalue weighted by Gasteiger charge is 2.15. The van der Waals surface area contributed by atoms with Crippen molar-refractivity contribution in [3.63, 3.8) is 0 Å². The molecular formula is C15H22N4O2. The Hall–Kier alpha value is -2.24. The van der Waals surface area contributed by atoms with Gasteiger partial charge in [-0.1, -0.05) is 30.1 Å². The lowest BCUT2D eigenvalue weighted by molar-refractivity contribution is 0.214. The van der Waals surface area contributed by atoms with Gasteiger partial charge in [0.1, 0.15) is 5.84 Å². The first-order valence-electron chi connectivity index (χ1n) is 7.30. The number of amides is 2. The number of nitrogens with zero attached hydrogens (tertiary/aromatic N) is 2. The molecule has 1 heterocycles. The number of benzene rings is 1. The number of likely N-dealkylation sites (tertiary alicyclic amines) is 1. The zero-order chi connectivity index (χ0) is 15.1. The van der Waals surface area contributed by atoms with Crippen molar-refractivity contribution in [3.05, 3.63) is 29.8 Å². The van der Waals surface area contributed by atoms with E-state index in [1.807, 2.05) is 29.2 Å². The Balaban J connectivity index is 1.91. The number of oxime groups is 1. The van der Waals surface area contributed by atoms with Crippen molar-refractivity contribution >= 4 is 17.6 Å². The fourth-order valence-electron chi connectivity index (χ4n) is 2.43. The molecule has 1 aliphatic heterocycles. The molecule has 1 aliphatic rings. The van der Waals surface area contributed by atoms with Gasteiger partial charge in [0, 0.05) is 25.2 Å². The molecule has 1 fully saturated rings. The second-order valence-electron chi connectivity index (χ2n) is 5.30. The summed E-state index contributed by atoms with van der Waals surface area (Å²) in [6.07, 6.45) is 4.94. The Morgan fingerprint density at radius 1 is 1.19 bits per heavy atom. The first kappa shape index (κ1) is 15.2. The molecule has 0 aromatic heterocycles. The van der Waals surface area contributed by atoms with E-state index in [2.05, 4.69) is 10.5 Å². The largest absolute Gasteiger partial charge is 0.409 e. The first-order valence-corrected chi connectivity index (χ1v) is 7.30. The standard InChI is InChI=1S/C15H22N4O2/c16-14(18-21)11-12-5-7-13(8-6-12)17-15(20)19-9-3-1-2-4-10-19/h5-8,21H,1-4,9-11H2,(H2,16,18)(H,17,20). The molecule has 0 aliphatic carbocycles. The first-order chi connectivity index (χ1) is 10.2. The zero-order valence-electron chi connectivity index (χ0n) is 12.1. The summed E-state index contributed by atoms with van der Waals surface area (Å²) >= 11 is 0. The van der Waals surface area contributed by atoms with Crippen LogP contribution >= 0.6 is 0 Å². The maximum atomic E-state index is 12.2. The minimum Gasteiger partial charge on any atom is -0.409 e. The van der Waals surface area contributed by atoms with Crippen molar-refractivity contribution < 1.29 is 10.0 Å². The summed E-state index contributed by atoms with van der Waals surface area (Å²) in [7, 11) is 0. The van der Waals surface area contributed by atoms with Crippen LogP contribution in [0.1, 0.15) is 31.2 Å². The average molecular weight is 290 g/mol. The molecule has 0 atom stereocenters. The van der Waals surface area contributed by atoms with Crippen molar-refractivity contribution in [2.75, 3.05) is 18.4 Å². The van der Waals surface area contributed by atoms with Crippen molar-refractivity contribution in [2.24, 2.45) is 10.9 Å². The maximum absolute atomic E-state index is 12.2. The van der Waals surface area contributed by atoms with E-state index >= 15 is 0 Å². The number of hydrogen-bond donors (Lipinski definition) is 3. The second-order valence-corrected chi connectivity index (χ2v) is 5.30. The van der Waals surface area contributed by atoms with E-state index in [0.717, 1.165) is 37.2 Å². The minimum absolute atomic E-state index is 0.0407. The lowest BCUT2D eigenvalue weighted by atomic mass is 10.1. The van der Waals surface area contributed by atoms with E-state index in [9.17, 15) is 4.79 Å². The van der Waals surface area contributed by atoms with Crippen LogP contribution in [0.4, 0.5) is 10.5 Å². The molecule has 0 unspecified atom stereocenters. The van der Waals surface area contributed by atoms with Crippen molar-refractivity contribution in [1.29, 1.82) is 0 Å². The topological polar surface area (TPSA) is 91.0 Å². The highest BCUT2D eigenvalue weighted by molar-refractivity contribution is 5.89. The molecule has 0 spiro atoms. The van der Waals surface area contributed by atoms with Gasteiger partial charge < -0.3 is 21.2 Å². The number of nitrogens with two attached hydrogens (primary N) is 1. The van der Waals surface area contributed by atoms with Crippen molar-refractivity contribution in [2.45, 2.75) is 32.1 Å². The summed E-state index contributed by atoms with van der Waals surface area (Å²) in [6, 6.07) is 7.33. The highest BCUT2D eigenvalue weighted by atomic mass is 16.4. The second kappa shape index (κ2) is 7.52. The molecule has 2 amide bonds. The van der Waals surface area contributed by atoms with Gasteiger partial charge in [-0.05, 0) is 30.5 Å². The summed E-state index contributed by atoms with van der Waals surface area (Å²) in [5, 5.41) is 14.4. The van der Waals surface area contributed by atoms with Crippen LogP contribution in [0.3, 0.4) is 0 Å². The molecule has 0 bridgehead atoms. The molecule has 6 heteroatoms. The molecule has 6 nitrogen and oxygen atoms in total. The molecule has 1 aromatic carbocycles. The Morgan fingerprint density at radius 3 is 2.38 bits per heavy atom. The minimum atomic E-state index is -0.0407. The number of amidine groups is 1. The smallest absolute Gasteiger partial charge is 0.321 e. The monoisotopic (exact) mass is 290 g/mol. The number of anilines is 1. The average Bonchev–Trinajstić information content (AvgIpc) is 2.78. The van der Waals surface area contributed by atoms with E-state index < -0.39 is 0 Å². The number of carbonyl (C=O) groups is 1. The molecule has 21 heavy (non-hydrogen) atoms. The molecule has 1 aromatic rings. The van der Waals surface area contributed by atoms with Crippen LogP contribution < -0.4 is 11.1 Å². The van der Waals surface area contributed by atoms with Crippen molar-refractivity contribution in [1.82, 2.24) is 4.90 Å². The van der Waals surface area contributed by atoms with Gasteiger partial charge in [0.15, 0.2) is 0 Å². The number of urea groups is 1. The summed E-state index contributed by atoms with van der Waals surface area (Å²) in [5.74, 6) is 0.163. The lowest BCUT2D eigenvalue weighted by Gasteiger charge is -2.20. The highest BCUT2D eigenvalue weighted by Crippen LogP contribution is 2.14. The van der Waals surface area contributed by atoms with Gasteiger partial charge in [-0.15, -0.1) is 0 Å². The normalized spacial score (nSPS) is 16.4. The predicted molar refractivity (Wildman–Crippen MR) is 82.6 cm³/mol. The molecule has 114 valence electrons. The van der Waals surface area contributed by atoms with Gasteiger partial charge >= 0.3 is 6.03 Å². The van der Waals surface area contributed by atoms with E-state index in [-0.39, 0.29) is 11.9 Å². The van der Waals surface area contributed by atoms with Gasteiger partial charge in [-0.25, -0.2) is 4.79 Å². The Labute approximate surface area is 124 Å². The zero-order valence-corrected chi connectivity index (χ0v) is 12.1. The molecular weight excluding hydrogens is 268 g/mol. The third-order valence-corrected chi connectivity index (χ3v) is 3.61. The van der Waals surface area contributed by atoms with Crippen LogP contribution in [-0.2, 0) is 6.42 Å². The molecule has 0 radical (unpaired) electrons. The van der Waals surface area contributed by atoms with E-state index in [4.69, 9.17) is 10.9 Å². The lowest BCUT2D eigenvalue weighted by Crippen LogP contribution is -2.35. The molecule has 1 saturated heterocycles. The number of carbonyl (C=O) groups excluding carboxylic acids is 1. The van der Waals surface area contributed by atoms with Crippen LogP contribution in [0.25, 0.3) is 0 Å². The summed E-state index contributed by atoms with van der Waals surface area (Å²) in [6.45, 7) is 1.65. The Bertz CT molecular complexity index is 491. The van der Waals surface area contributed by atoms with Crippen LogP contribution in [0.5, 0.6) is 0 Å². The van der Waals surface area contributed by atoms with Crippen LogP contribution in [0.2, 0.25) is 0 Å². The Kier molecular flexibility index (Phi) is 5.43. The van der Waals surface area contributed by atoms with Crippen LogP contribution in [-0.4, -0.2) is 35.1 Å². The third-order valence-electron chi connectivity index (χ3n) is 3.61. The maximum Gasteiger partial charge on any atom is 0.321 e. The van der Waals surface area contributed by atoms with Crippen LogP contribution in [0, 0.1) is 0 Å². The summed E-state index contributed by atoms with van der Waals surface area (Å²) in [5.41, 5.74) is 7.15. The van der Waals surface area contributed by atoms with E-state index in [1.165, 1.54) is 12.8 Å². The van der Waals surface area contributed by atoms with E-state index in [0.29, 0.717) is 6.42 Å². The molecule has 0 saturated carbocycles. The number of nitrogens with one attached hydrogen (secondary N) is 1. The fraction of sp³-hybridized carbons (Fsp3) is 0.467. The van der Waals surface area contributed by atoms with Crippen molar-refractivity contribution in [3.8, 4) is 0 Å². The van der Waals surface area contributed by atoms with Gasteiger partial charge in [0.05, 0.1) is 0 Å². The SMILES string of the molecule is NC(Cc1ccc(NC(=O)N2CCCCCC2)cc1)=NO. The number of rotatable bonds is 3. The fourth-order valence-corrected chi connectivity index (χ4v) is 2.43. The van der Waals surface area contributed by atoms with Crippen LogP contribution in [0.15, 0.2) is 29.4 Å². The number of hydrogen-bond acceptors (Lipinski definition) is 3. The van der Waals surface area contributed by atoms with E-state index in [1.54, 1.807) is 0 Å². The summed E-state index contributed by atoms with van der Waals surface area (Å²) < 4.78 is 0. The Morgan fingerprint density at radius 2 is 1.81 bits per heavy atom. The van der Waals surface area contributed by atoms with Gasteiger partial charge in [-0.2, -0.15) is 0 Å². The quantitative estimate of drug-likeness (QED) is 0.345. The predicted octanol–water partition coefficient (Wildman–Crippen LogP) is 2.38. The summed E-state index contributed by atoms with van der Waals surface area (Å²) in [4.78, 5) is 14.0.